The second-order valence-corrected chi connectivity index (χ2v) is 4.33. The Hall–Kier alpha value is -1.17. The van der Waals surface area contributed by atoms with E-state index < -0.39 is 12.0 Å². The predicted octanol–water partition coefficient (Wildman–Crippen LogP) is -0.354. The molecule has 0 aromatic carbocycles. The molecule has 0 bridgehead atoms. The Morgan fingerprint density at radius 3 is 2.88 bits per heavy atom. The van der Waals surface area contributed by atoms with Crippen molar-refractivity contribution < 1.29 is 9.59 Å². The summed E-state index contributed by atoms with van der Waals surface area (Å²) in [6, 6.07) is -0.440. The lowest BCUT2D eigenvalue weighted by atomic mass is 10.0. The van der Waals surface area contributed by atoms with Crippen LogP contribution < -0.4 is 11.1 Å². The lowest BCUT2D eigenvalue weighted by molar-refractivity contribution is -0.144. The molecule has 0 aromatic rings. The van der Waals surface area contributed by atoms with E-state index in [4.69, 9.17) is 18.0 Å². The van der Waals surface area contributed by atoms with Gasteiger partial charge < -0.3 is 16.0 Å². The highest BCUT2D eigenvalue weighted by Gasteiger charge is 2.33. The number of thiocarbonyl (C=S) groups is 1. The normalized spacial score (nSPS) is 22.5. The zero-order valence-electron chi connectivity index (χ0n) is 9.53. The molecule has 1 fully saturated rings. The first-order valence-corrected chi connectivity index (χ1v) is 5.77. The number of nitrogens with zero attached hydrogens (tertiary/aromatic N) is 1. The fourth-order valence-electron chi connectivity index (χ4n) is 1.78. The predicted molar refractivity (Wildman–Crippen MR) is 64.8 cm³/mol. The maximum Gasteiger partial charge on any atom is 0.242 e. The number of rotatable bonds is 3. The van der Waals surface area contributed by atoms with Gasteiger partial charge in [-0.25, -0.2) is 0 Å². The highest BCUT2D eigenvalue weighted by Crippen LogP contribution is 2.13. The molecule has 3 N–H and O–H groups in total. The van der Waals surface area contributed by atoms with Crippen molar-refractivity contribution in [2.24, 2.45) is 11.7 Å². The van der Waals surface area contributed by atoms with Crippen molar-refractivity contribution in [3.05, 3.63) is 0 Å². The fraction of sp³-hybridized carbons (Fsp3) is 0.700. The Morgan fingerprint density at radius 1 is 1.75 bits per heavy atom. The zero-order valence-corrected chi connectivity index (χ0v) is 10.3. The summed E-state index contributed by atoms with van der Waals surface area (Å²) in [5.41, 5.74) is 5.52. The van der Waals surface area contributed by atoms with Gasteiger partial charge in [0.1, 0.15) is 6.04 Å². The lowest BCUT2D eigenvalue weighted by Crippen LogP contribution is -2.58. The molecule has 0 spiro atoms. The number of piperazine rings is 1. The molecule has 2 atom stereocenters. The Kier molecular flexibility index (Phi) is 4.23. The van der Waals surface area contributed by atoms with Gasteiger partial charge in [0, 0.05) is 13.1 Å². The molecule has 1 rings (SSSR count). The molecule has 6 heteroatoms. The zero-order chi connectivity index (χ0) is 12.3. The standard InChI is InChI=1S/C10H17N3O2S/c1-3-7(8(11)16)10(15)13-5-4-12-9(14)6(13)2/h6-7H,3-5H2,1-2H3,(H2,11,16)(H,12,14). The monoisotopic (exact) mass is 243 g/mol. The molecule has 0 radical (unpaired) electrons. The third-order valence-electron chi connectivity index (χ3n) is 2.83. The van der Waals surface area contributed by atoms with E-state index in [2.05, 4.69) is 5.32 Å². The molecular weight excluding hydrogens is 226 g/mol. The summed E-state index contributed by atoms with van der Waals surface area (Å²) in [4.78, 5) is 25.3. The van der Waals surface area contributed by atoms with E-state index >= 15 is 0 Å². The summed E-state index contributed by atoms with van der Waals surface area (Å²) in [5, 5.41) is 2.71. The van der Waals surface area contributed by atoms with Crippen molar-refractivity contribution in [2.45, 2.75) is 26.3 Å². The van der Waals surface area contributed by atoms with Crippen molar-refractivity contribution in [3.8, 4) is 0 Å². The van der Waals surface area contributed by atoms with Gasteiger partial charge in [-0.2, -0.15) is 0 Å². The van der Waals surface area contributed by atoms with Gasteiger partial charge in [-0.3, -0.25) is 9.59 Å². The van der Waals surface area contributed by atoms with E-state index in [1.165, 1.54) is 0 Å². The maximum atomic E-state index is 12.1. The van der Waals surface area contributed by atoms with Crippen LogP contribution in [-0.2, 0) is 9.59 Å². The highest BCUT2D eigenvalue weighted by atomic mass is 32.1. The van der Waals surface area contributed by atoms with Gasteiger partial charge in [-0.15, -0.1) is 0 Å². The minimum absolute atomic E-state index is 0.127. The van der Waals surface area contributed by atoms with Crippen LogP contribution in [-0.4, -0.2) is 40.8 Å². The average molecular weight is 243 g/mol. The molecule has 2 unspecified atom stereocenters. The van der Waals surface area contributed by atoms with Gasteiger partial charge in [0.05, 0.1) is 10.9 Å². The molecule has 1 aliphatic heterocycles. The van der Waals surface area contributed by atoms with Crippen molar-refractivity contribution in [1.29, 1.82) is 0 Å². The average Bonchev–Trinajstić information content (AvgIpc) is 2.22. The topological polar surface area (TPSA) is 75.4 Å². The summed E-state index contributed by atoms with van der Waals surface area (Å²) in [6.45, 7) is 4.57. The van der Waals surface area contributed by atoms with Crippen LogP contribution in [0.15, 0.2) is 0 Å². The first kappa shape index (κ1) is 12.9. The van der Waals surface area contributed by atoms with Gasteiger partial charge in [0.25, 0.3) is 0 Å². The molecular formula is C10H17N3O2S. The Morgan fingerprint density at radius 2 is 2.38 bits per heavy atom. The largest absolute Gasteiger partial charge is 0.393 e. The second kappa shape index (κ2) is 5.25. The highest BCUT2D eigenvalue weighted by molar-refractivity contribution is 7.80. The second-order valence-electron chi connectivity index (χ2n) is 3.86. The summed E-state index contributed by atoms with van der Waals surface area (Å²) in [5.74, 6) is -0.724. The third-order valence-corrected chi connectivity index (χ3v) is 3.12. The van der Waals surface area contributed by atoms with Crippen LogP contribution in [0.3, 0.4) is 0 Å². The third kappa shape index (κ3) is 2.49. The number of hydrogen-bond donors (Lipinski definition) is 2. The molecule has 5 nitrogen and oxygen atoms in total. The van der Waals surface area contributed by atoms with Crippen molar-refractivity contribution in [1.82, 2.24) is 10.2 Å². The summed E-state index contributed by atoms with van der Waals surface area (Å²) < 4.78 is 0. The Bertz CT molecular complexity index is 319. The molecule has 1 aliphatic rings. The molecule has 90 valence electrons. The van der Waals surface area contributed by atoms with E-state index in [1.807, 2.05) is 6.92 Å². The Balaban J connectivity index is 2.79. The van der Waals surface area contributed by atoms with Crippen LogP contribution in [0.4, 0.5) is 0 Å². The molecule has 2 amide bonds. The van der Waals surface area contributed by atoms with Gasteiger partial charge >= 0.3 is 0 Å². The van der Waals surface area contributed by atoms with Crippen LogP contribution in [0.2, 0.25) is 0 Å². The van der Waals surface area contributed by atoms with E-state index in [-0.39, 0.29) is 16.8 Å². The number of carbonyl (C=O) groups is 2. The first-order valence-electron chi connectivity index (χ1n) is 5.36. The molecule has 0 saturated carbocycles. The van der Waals surface area contributed by atoms with Gasteiger partial charge in [-0.1, -0.05) is 19.1 Å². The minimum Gasteiger partial charge on any atom is -0.393 e. The molecule has 1 saturated heterocycles. The number of carbonyl (C=O) groups excluding carboxylic acids is 2. The van der Waals surface area contributed by atoms with Crippen molar-refractivity contribution in [3.63, 3.8) is 0 Å². The van der Waals surface area contributed by atoms with E-state index in [9.17, 15) is 9.59 Å². The van der Waals surface area contributed by atoms with Crippen LogP contribution >= 0.6 is 12.2 Å². The number of hydrogen-bond acceptors (Lipinski definition) is 3. The molecule has 16 heavy (non-hydrogen) atoms. The first-order chi connectivity index (χ1) is 7.49. The minimum atomic E-state index is -0.455. The van der Waals surface area contributed by atoms with E-state index in [1.54, 1.807) is 11.8 Å². The van der Waals surface area contributed by atoms with Gasteiger partial charge in [-0.05, 0) is 13.3 Å². The molecule has 0 aliphatic carbocycles. The summed E-state index contributed by atoms with van der Waals surface area (Å²) in [7, 11) is 0. The quantitative estimate of drug-likeness (QED) is 0.664. The van der Waals surface area contributed by atoms with Crippen molar-refractivity contribution >= 4 is 29.0 Å². The number of amides is 2. The summed E-state index contributed by atoms with van der Waals surface area (Å²) in [6.07, 6.45) is 0.568. The summed E-state index contributed by atoms with van der Waals surface area (Å²) >= 11 is 4.86. The smallest absolute Gasteiger partial charge is 0.242 e. The van der Waals surface area contributed by atoms with Crippen LogP contribution in [0.1, 0.15) is 20.3 Å². The van der Waals surface area contributed by atoms with E-state index in [0.29, 0.717) is 19.5 Å². The lowest BCUT2D eigenvalue weighted by Gasteiger charge is -2.34. The maximum absolute atomic E-state index is 12.1. The SMILES string of the molecule is CCC(C(=O)N1CCNC(=O)C1C)C(N)=S. The van der Waals surface area contributed by atoms with Crippen LogP contribution in [0, 0.1) is 5.92 Å². The molecule has 1 heterocycles. The van der Waals surface area contributed by atoms with Gasteiger partial charge in [0.2, 0.25) is 11.8 Å². The van der Waals surface area contributed by atoms with Crippen molar-refractivity contribution in [2.75, 3.05) is 13.1 Å². The number of nitrogens with one attached hydrogen (secondary N) is 1. The Labute approximate surface area is 100 Å². The molecule has 0 aromatic heterocycles. The van der Waals surface area contributed by atoms with Crippen LogP contribution in [0.5, 0.6) is 0 Å². The number of nitrogens with two attached hydrogens (primary N) is 1. The van der Waals surface area contributed by atoms with Crippen LogP contribution in [0.25, 0.3) is 0 Å². The van der Waals surface area contributed by atoms with E-state index in [0.717, 1.165) is 0 Å². The van der Waals surface area contributed by atoms with Gasteiger partial charge in [0.15, 0.2) is 0 Å². The fourth-order valence-corrected chi connectivity index (χ4v) is 2.05.